The van der Waals surface area contributed by atoms with Crippen LogP contribution in [0.3, 0.4) is 0 Å². The highest BCUT2D eigenvalue weighted by molar-refractivity contribution is 6.39. The number of pyridine rings is 1. The van der Waals surface area contributed by atoms with E-state index in [1.807, 2.05) is 12.3 Å². The van der Waals surface area contributed by atoms with Gasteiger partial charge in [0.15, 0.2) is 0 Å². The van der Waals surface area contributed by atoms with Crippen LogP contribution in [0.1, 0.15) is 26.3 Å². The van der Waals surface area contributed by atoms with Gasteiger partial charge in [-0.2, -0.15) is 0 Å². The van der Waals surface area contributed by atoms with Gasteiger partial charge in [-0.25, -0.2) is 4.98 Å². The maximum Gasteiger partial charge on any atom is 0.269 e. The number of hydrogen-bond donors (Lipinski definition) is 0. The number of hydrogen-bond acceptors (Lipinski definition) is 2. The van der Waals surface area contributed by atoms with Crippen molar-refractivity contribution in [3.63, 3.8) is 0 Å². The van der Waals surface area contributed by atoms with Gasteiger partial charge in [0.1, 0.15) is 17.3 Å². The van der Waals surface area contributed by atoms with Gasteiger partial charge >= 0.3 is 0 Å². The van der Waals surface area contributed by atoms with Gasteiger partial charge in [0, 0.05) is 69.7 Å². The molecule has 7 heteroatoms. The van der Waals surface area contributed by atoms with Gasteiger partial charge in [-0.05, 0) is 87.8 Å². The van der Waals surface area contributed by atoms with Crippen LogP contribution in [-0.2, 0) is 19.5 Å². The highest BCUT2D eigenvalue weighted by Crippen LogP contribution is 2.49. The summed E-state index contributed by atoms with van der Waals surface area (Å²) in [6, 6.07) is 73.3. The van der Waals surface area contributed by atoms with Crippen molar-refractivity contribution in [1.29, 1.82) is 0 Å². The van der Waals surface area contributed by atoms with Gasteiger partial charge in [-0.1, -0.05) is 166 Å². The molecule has 0 atom stereocenters. The first-order valence-corrected chi connectivity index (χ1v) is 25.0. The van der Waals surface area contributed by atoms with Crippen molar-refractivity contribution in [1.82, 2.24) is 23.3 Å². The molecule has 0 aliphatic rings. The van der Waals surface area contributed by atoms with Crippen molar-refractivity contribution in [2.75, 3.05) is 0 Å². The number of benzene rings is 9. The molecular weight excluding hydrogens is 893 g/mol. The Morgan fingerprint density at radius 1 is 0.479 bits per heavy atom. The summed E-state index contributed by atoms with van der Waals surface area (Å²) in [4.78, 5) is 5.19. The average Bonchev–Trinajstić information content (AvgIpc) is 4.16. The highest BCUT2D eigenvalue weighted by Gasteiger charge is 2.28. The van der Waals surface area contributed by atoms with Gasteiger partial charge < -0.3 is 13.9 Å². The van der Waals surface area contributed by atoms with Crippen LogP contribution < -0.4 is 9.30 Å². The van der Waals surface area contributed by atoms with Gasteiger partial charge in [-0.15, -0.1) is 0 Å². The van der Waals surface area contributed by atoms with E-state index in [1.54, 1.807) is 0 Å². The Morgan fingerprint density at radius 3 is 1.67 bits per heavy atom. The number of fused-ring (bicyclic) bond motifs is 13. The lowest BCUT2D eigenvalue weighted by Gasteiger charge is -2.20. The zero-order valence-electron chi connectivity index (χ0n) is 41.3. The molecule has 5 heterocycles. The Balaban J connectivity index is 0.976. The van der Waals surface area contributed by atoms with Crippen molar-refractivity contribution in [3.05, 3.63) is 224 Å². The molecule has 7 nitrogen and oxygen atoms in total. The SMILES string of the molecule is Cn1c2ccccc2c2c1c1c3ccc(Oc4cccc(-[n+]5[c-]n(-c6c(-c7ccccc7)cccc6-c6ccccc6)c6ccccc65)c4)cc3n(-c3cc(C(C)(C)C)ccn3)c1c1c3ccccc3n(C)c21. The molecule has 0 amide bonds. The van der Waals surface area contributed by atoms with Crippen LogP contribution in [0.25, 0.3) is 116 Å². The average molecular weight is 943 g/mol. The predicted molar refractivity (Wildman–Crippen MR) is 300 cm³/mol. The van der Waals surface area contributed by atoms with Crippen LogP contribution in [0.5, 0.6) is 11.5 Å². The van der Waals surface area contributed by atoms with Gasteiger partial charge in [0.05, 0.1) is 44.5 Å². The van der Waals surface area contributed by atoms with E-state index in [0.717, 1.165) is 72.6 Å². The summed E-state index contributed by atoms with van der Waals surface area (Å²) in [5.41, 5.74) is 16.6. The summed E-state index contributed by atoms with van der Waals surface area (Å²) in [6.45, 7) is 6.79. The largest absolute Gasteiger partial charge is 0.458 e. The third-order valence-corrected chi connectivity index (χ3v) is 15.0. The Bertz CT molecular complexity index is 4470. The maximum atomic E-state index is 7.01. The van der Waals surface area contributed by atoms with E-state index in [1.165, 1.54) is 54.6 Å². The standard InChI is InChI=1S/C66H50N6O/c1-66(2,3)44-36-37-67-58(38-44)72-57-40-47(34-35-52(57)61-64-59(50-26-12-14-30-53(50)68(64)4)63-60(65(61)72)51-27-13-15-31-54(51)69(63)5)73-46-25-18-24-45(39-46)70-41-71(56-33-17-16-32-55(56)70)62-48(42-20-8-6-9-21-42)28-19-29-49(62)43-22-10-7-11-23-43/h6-40H,1-5H3. The molecule has 0 N–H and O–H groups in total. The first-order valence-electron chi connectivity index (χ1n) is 25.0. The third kappa shape index (κ3) is 6.51. The molecule has 14 aromatic rings. The minimum atomic E-state index is -0.0924. The molecule has 73 heavy (non-hydrogen) atoms. The second-order valence-electron chi connectivity index (χ2n) is 20.3. The lowest BCUT2D eigenvalue weighted by Crippen LogP contribution is -2.29. The second-order valence-corrected chi connectivity index (χ2v) is 20.3. The number of aromatic nitrogens is 6. The van der Waals surface area contributed by atoms with E-state index in [-0.39, 0.29) is 5.41 Å². The first kappa shape index (κ1) is 42.7. The smallest absolute Gasteiger partial charge is 0.269 e. The normalized spacial score (nSPS) is 12.2. The van der Waals surface area contributed by atoms with E-state index in [4.69, 9.17) is 9.72 Å². The first-order chi connectivity index (χ1) is 35.7. The molecule has 0 saturated heterocycles. The summed E-state index contributed by atoms with van der Waals surface area (Å²) in [7, 11) is 4.42. The summed E-state index contributed by atoms with van der Waals surface area (Å²) < 4.78 is 18.6. The van der Waals surface area contributed by atoms with Gasteiger partial charge in [0.2, 0.25) is 0 Å². The number of nitrogens with zero attached hydrogens (tertiary/aromatic N) is 6. The molecule has 0 aliphatic heterocycles. The Kier molecular flexibility index (Phi) is 9.45. The van der Waals surface area contributed by atoms with Crippen molar-refractivity contribution < 1.29 is 9.30 Å². The highest BCUT2D eigenvalue weighted by atomic mass is 16.5. The van der Waals surface area contributed by atoms with Crippen LogP contribution in [0.2, 0.25) is 0 Å². The lowest BCUT2D eigenvalue weighted by atomic mass is 9.88. The van der Waals surface area contributed by atoms with Gasteiger partial charge in [-0.3, -0.25) is 13.7 Å². The van der Waals surface area contributed by atoms with E-state index in [0.29, 0.717) is 5.75 Å². The maximum absolute atomic E-state index is 7.01. The molecule has 0 bridgehead atoms. The lowest BCUT2D eigenvalue weighted by molar-refractivity contribution is -0.572. The molecular formula is C66H50N6O. The summed E-state index contributed by atoms with van der Waals surface area (Å²) in [6.07, 6.45) is 5.80. The minimum absolute atomic E-state index is 0.0924. The predicted octanol–water partition coefficient (Wildman–Crippen LogP) is 15.9. The third-order valence-electron chi connectivity index (χ3n) is 15.0. The summed E-state index contributed by atoms with van der Waals surface area (Å²) >= 11 is 0. The van der Waals surface area contributed by atoms with Crippen LogP contribution in [0, 0.1) is 6.33 Å². The van der Waals surface area contributed by atoms with E-state index < -0.39 is 0 Å². The molecule has 0 radical (unpaired) electrons. The molecule has 0 unspecified atom stereocenters. The number of aryl methyl sites for hydroxylation is 2. The molecule has 0 spiro atoms. The van der Waals surface area contributed by atoms with Crippen LogP contribution >= 0.6 is 0 Å². The van der Waals surface area contributed by atoms with Gasteiger partial charge in [0.25, 0.3) is 6.33 Å². The zero-order valence-corrected chi connectivity index (χ0v) is 41.3. The Labute approximate surface area is 422 Å². The molecule has 0 aliphatic carbocycles. The second kappa shape index (κ2) is 16.2. The van der Waals surface area contributed by atoms with Crippen molar-refractivity contribution >= 4 is 76.5 Å². The van der Waals surface area contributed by atoms with E-state index in [2.05, 4.69) is 264 Å². The number of para-hydroxylation sites is 5. The Hall–Kier alpha value is -9.20. The van der Waals surface area contributed by atoms with E-state index in [9.17, 15) is 0 Å². The topological polar surface area (TPSA) is 45.7 Å². The minimum Gasteiger partial charge on any atom is -0.458 e. The fourth-order valence-corrected chi connectivity index (χ4v) is 11.6. The molecule has 14 rings (SSSR count). The monoisotopic (exact) mass is 942 g/mol. The number of ether oxygens (including phenoxy) is 1. The number of rotatable bonds is 7. The number of imidazole rings is 1. The van der Waals surface area contributed by atoms with Crippen molar-refractivity contribution in [3.8, 4) is 50.9 Å². The molecule has 0 saturated carbocycles. The zero-order chi connectivity index (χ0) is 49.1. The summed E-state index contributed by atoms with van der Waals surface area (Å²) in [5, 5.41) is 7.23. The quantitative estimate of drug-likeness (QED) is 0.118. The Morgan fingerprint density at radius 2 is 1.03 bits per heavy atom. The molecule has 0 fully saturated rings. The molecule has 5 aromatic heterocycles. The van der Waals surface area contributed by atoms with Crippen molar-refractivity contribution in [2.45, 2.75) is 26.2 Å². The fourth-order valence-electron chi connectivity index (χ4n) is 11.6. The van der Waals surface area contributed by atoms with Crippen LogP contribution in [-0.4, -0.2) is 23.3 Å². The van der Waals surface area contributed by atoms with Crippen molar-refractivity contribution in [2.24, 2.45) is 14.1 Å². The summed E-state index contributed by atoms with van der Waals surface area (Å²) in [5.74, 6) is 2.31. The molecule has 350 valence electrons. The van der Waals surface area contributed by atoms with Crippen LogP contribution in [0.15, 0.2) is 212 Å². The molecule has 9 aromatic carbocycles. The fraction of sp³-hybridized carbons (Fsp3) is 0.0909. The van der Waals surface area contributed by atoms with E-state index >= 15 is 0 Å². The van der Waals surface area contributed by atoms with Crippen LogP contribution in [0.4, 0.5) is 0 Å².